The number of carbonyl (C=O) groups is 1. The number of carbonyl (C=O) groups excluding carboxylic acids is 1. The summed E-state index contributed by atoms with van der Waals surface area (Å²) >= 11 is 3.23. The molecule has 0 radical (unpaired) electrons. The lowest BCUT2D eigenvalue weighted by Gasteiger charge is -2.09. The van der Waals surface area contributed by atoms with Crippen LogP contribution in [-0.2, 0) is 11.3 Å². The van der Waals surface area contributed by atoms with Crippen molar-refractivity contribution in [2.24, 2.45) is 0 Å². The number of halogens is 1. The summed E-state index contributed by atoms with van der Waals surface area (Å²) in [5.41, 5.74) is 3.64. The van der Waals surface area contributed by atoms with E-state index in [9.17, 15) is 4.79 Å². The van der Waals surface area contributed by atoms with Crippen molar-refractivity contribution in [3.05, 3.63) is 34.9 Å². The third-order valence-corrected chi connectivity index (χ3v) is 2.73. The molecule has 0 heterocycles. The maximum absolute atomic E-state index is 11.3. The lowest BCUT2D eigenvalue weighted by atomic mass is 10.1. The topological polar surface area (TPSA) is 29.1 Å². The minimum absolute atomic E-state index is 0.0231. The summed E-state index contributed by atoms with van der Waals surface area (Å²) in [4.78, 5) is 11.2. The number of hydrogen-bond acceptors (Lipinski definition) is 1. The van der Waals surface area contributed by atoms with Gasteiger partial charge >= 0.3 is 0 Å². The molecule has 1 N–H and O–H groups in total. The van der Waals surface area contributed by atoms with Gasteiger partial charge < -0.3 is 5.32 Å². The Morgan fingerprint density at radius 1 is 1.47 bits per heavy atom. The molecule has 1 amide bonds. The van der Waals surface area contributed by atoms with E-state index in [4.69, 9.17) is 0 Å². The van der Waals surface area contributed by atoms with Crippen LogP contribution in [-0.4, -0.2) is 10.7 Å². The second kappa shape index (κ2) is 5.31. The van der Waals surface area contributed by atoms with Crippen molar-refractivity contribution in [3.8, 4) is 0 Å². The first-order valence-electron chi connectivity index (χ1n) is 4.98. The van der Waals surface area contributed by atoms with Crippen LogP contribution < -0.4 is 5.32 Å². The monoisotopic (exact) mass is 269 g/mol. The fourth-order valence-electron chi connectivity index (χ4n) is 1.37. The van der Waals surface area contributed by atoms with Gasteiger partial charge in [0, 0.05) is 6.54 Å². The van der Waals surface area contributed by atoms with Crippen LogP contribution in [0.1, 0.15) is 23.6 Å². The maximum Gasteiger partial charge on any atom is 0.233 e. The first-order chi connectivity index (χ1) is 7.00. The van der Waals surface area contributed by atoms with Crippen molar-refractivity contribution in [1.29, 1.82) is 0 Å². The molecule has 1 aromatic carbocycles. The fourth-order valence-corrected chi connectivity index (χ4v) is 1.53. The van der Waals surface area contributed by atoms with Crippen LogP contribution in [0, 0.1) is 13.8 Å². The van der Waals surface area contributed by atoms with Crippen molar-refractivity contribution in [2.45, 2.75) is 32.1 Å². The van der Waals surface area contributed by atoms with Gasteiger partial charge in [-0.25, -0.2) is 0 Å². The third-order valence-electron chi connectivity index (χ3n) is 2.31. The van der Waals surface area contributed by atoms with Gasteiger partial charge in [0.2, 0.25) is 5.91 Å². The molecule has 1 unspecified atom stereocenters. The first kappa shape index (κ1) is 12.2. The molecule has 0 bridgehead atoms. The number of nitrogens with one attached hydrogen (secondary N) is 1. The quantitative estimate of drug-likeness (QED) is 0.841. The Morgan fingerprint density at radius 3 is 2.67 bits per heavy atom. The Labute approximate surface area is 99.2 Å². The Morgan fingerprint density at radius 2 is 2.13 bits per heavy atom. The average molecular weight is 270 g/mol. The van der Waals surface area contributed by atoms with E-state index >= 15 is 0 Å². The van der Waals surface area contributed by atoms with Crippen LogP contribution >= 0.6 is 15.9 Å². The number of aryl methyl sites for hydroxylation is 2. The Kier molecular flexibility index (Phi) is 4.33. The van der Waals surface area contributed by atoms with Gasteiger partial charge in [0.1, 0.15) is 0 Å². The number of rotatable bonds is 3. The molecule has 1 atom stereocenters. The van der Waals surface area contributed by atoms with Crippen LogP contribution in [0.25, 0.3) is 0 Å². The minimum atomic E-state index is -0.136. The highest BCUT2D eigenvalue weighted by Crippen LogP contribution is 2.10. The lowest BCUT2D eigenvalue weighted by molar-refractivity contribution is -0.120. The summed E-state index contributed by atoms with van der Waals surface area (Å²) in [6.45, 7) is 6.54. The minimum Gasteiger partial charge on any atom is -0.351 e. The molecule has 0 spiro atoms. The van der Waals surface area contributed by atoms with Crippen LogP contribution in [0.3, 0.4) is 0 Å². The predicted octanol–water partition coefficient (Wildman–Crippen LogP) is 2.70. The van der Waals surface area contributed by atoms with E-state index in [1.807, 2.05) is 6.92 Å². The normalized spacial score (nSPS) is 12.3. The van der Waals surface area contributed by atoms with Crippen LogP contribution in [0.2, 0.25) is 0 Å². The van der Waals surface area contributed by atoms with E-state index in [2.05, 4.69) is 53.3 Å². The average Bonchev–Trinajstić information content (AvgIpc) is 2.15. The van der Waals surface area contributed by atoms with Gasteiger partial charge in [-0.1, -0.05) is 39.7 Å². The van der Waals surface area contributed by atoms with Crippen LogP contribution in [0.5, 0.6) is 0 Å². The van der Waals surface area contributed by atoms with Gasteiger partial charge in [0.15, 0.2) is 0 Å². The van der Waals surface area contributed by atoms with Gasteiger partial charge in [-0.15, -0.1) is 0 Å². The summed E-state index contributed by atoms with van der Waals surface area (Å²) < 4.78 is 0. The molecule has 3 heteroatoms. The summed E-state index contributed by atoms with van der Waals surface area (Å²) in [7, 11) is 0. The molecule has 0 aromatic heterocycles. The predicted molar refractivity (Wildman–Crippen MR) is 66.2 cm³/mol. The van der Waals surface area contributed by atoms with E-state index in [-0.39, 0.29) is 10.7 Å². The van der Waals surface area contributed by atoms with E-state index in [1.165, 1.54) is 16.7 Å². The Balaban J connectivity index is 2.62. The van der Waals surface area contributed by atoms with Gasteiger partial charge in [-0.05, 0) is 31.9 Å². The lowest BCUT2D eigenvalue weighted by Crippen LogP contribution is -2.29. The largest absolute Gasteiger partial charge is 0.351 e. The highest BCUT2D eigenvalue weighted by Gasteiger charge is 2.08. The first-order valence-corrected chi connectivity index (χ1v) is 5.90. The molecule has 15 heavy (non-hydrogen) atoms. The fraction of sp³-hybridized carbons (Fsp3) is 0.417. The second-order valence-corrected chi connectivity index (χ2v) is 5.14. The van der Waals surface area contributed by atoms with Gasteiger partial charge in [0.05, 0.1) is 4.83 Å². The van der Waals surface area contributed by atoms with Crippen LogP contribution in [0.15, 0.2) is 18.2 Å². The van der Waals surface area contributed by atoms with Gasteiger partial charge in [-0.2, -0.15) is 0 Å². The number of hydrogen-bond donors (Lipinski definition) is 1. The zero-order valence-corrected chi connectivity index (χ0v) is 10.9. The van der Waals surface area contributed by atoms with Crippen molar-refractivity contribution >= 4 is 21.8 Å². The van der Waals surface area contributed by atoms with E-state index in [0.29, 0.717) is 6.54 Å². The standard InChI is InChI=1S/C12H16BrNO/c1-8-4-5-11(9(2)6-8)7-14-12(15)10(3)13/h4-6,10H,7H2,1-3H3,(H,14,15). The zero-order valence-electron chi connectivity index (χ0n) is 9.30. The summed E-state index contributed by atoms with van der Waals surface area (Å²) in [6, 6.07) is 6.24. The Bertz CT molecular complexity index is 361. The van der Waals surface area contributed by atoms with Gasteiger partial charge in [-0.3, -0.25) is 4.79 Å². The van der Waals surface area contributed by atoms with Crippen LogP contribution in [0.4, 0.5) is 0 Å². The molecule has 0 saturated heterocycles. The number of benzene rings is 1. The highest BCUT2D eigenvalue weighted by molar-refractivity contribution is 9.10. The molecule has 82 valence electrons. The molecule has 0 saturated carbocycles. The molecule has 0 fully saturated rings. The third kappa shape index (κ3) is 3.67. The molecule has 1 rings (SSSR count). The van der Waals surface area contributed by atoms with Crippen molar-refractivity contribution < 1.29 is 4.79 Å². The number of alkyl halides is 1. The maximum atomic E-state index is 11.3. The molecule has 1 aromatic rings. The molecular weight excluding hydrogens is 254 g/mol. The molecule has 2 nitrogen and oxygen atoms in total. The van der Waals surface area contributed by atoms with E-state index in [1.54, 1.807) is 0 Å². The number of amides is 1. The summed E-state index contributed by atoms with van der Waals surface area (Å²) in [6.07, 6.45) is 0. The smallest absolute Gasteiger partial charge is 0.233 e. The van der Waals surface area contributed by atoms with E-state index in [0.717, 1.165) is 0 Å². The SMILES string of the molecule is Cc1ccc(CNC(=O)C(C)Br)c(C)c1. The second-order valence-electron chi connectivity index (χ2n) is 3.76. The summed E-state index contributed by atoms with van der Waals surface area (Å²) in [5, 5.41) is 2.87. The molecule has 0 aliphatic heterocycles. The van der Waals surface area contributed by atoms with E-state index < -0.39 is 0 Å². The Hall–Kier alpha value is -0.830. The molecule has 0 aliphatic rings. The highest BCUT2D eigenvalue weighted by atomic mass is 79.9. The molecule has 0 aliphatic carbocycles. The molecular formula is C12H16BrNO. The van der Waals surface area contributed by atoms with Crippen molar-refractivity contribution in [2.75, 3.05) is 0 Å². The van der Waals surface area contributed by atoms with Crippen molar-refractivity contribution in [1.82, 2.24) is 5.32 Å². The van der Waals surface area contributed by atoms with Gasteiger partial charge in [0.25, 0.3) is 0 Å². The zero-order chi connectivity index (χ0) is 11.4. The summed E-state index contributed by atoms with van der Waals surface area (Å²) in [5.74, 6) is 0.0231. The van der Waals surface area contributed by atoms with Crippen molar-refractivity contribution in [3.63, 3.8) is 0 Å².